The van der Waals surface area contributed by atoms with Crippen LogP contribution in [0.15, 0.2) is 88.9 Å². The highest BCUT2D eigenvalue weighted by molar-refractivity contribution is 6.91. The van der Waals surface area contributed by atoms with Crippen LogP contribution in [-0.2, 0) is 0 Å². The average molecular weight is 444 g/mol. The lowest BCUT2D eigenvalue weighted by atomic mass is 9.93. The van der Waals surface area contributed by atoms with Crippen LogP contribution in [0.1, 0.15) is 47.2 Å². The highest BCUT2D eigenvalue weighted by Crippen LogP contribution is 2.49. The number of benzene rings is 3. The number of aliphatic imine (C=N–C) groups is 1. The average Bonchev–Trinajstić information content (AvgIpc) is 3.47. The van der Waals surface area contributed by atoms with E-state index >= 15 is 0 Å². The number of hydrogen-bond acceptors (Lipinski definition) is 1. The lowest BCUT2D eigenvalue weighted by molar-refractivity contribution is 1.17. The van der Waals surface area contributed by atoms with E-state index in [1.165, 1.54) is 55.8 Å². The van der Waals surface area contributed by atoms with Crippen LogP contribution in [0, 0.1) is 6.92 Å². The molecule has 0 amide bonds. The summed E-state index contributed by atoms with van der Waals surface area (Å²) in [4.78, 5) is 5.14. The molecule has 0 fully saturated rings. The number of rotatable bonds is 3. The highest BCUT2D eigenvalue weighted by Gasteiger charge is 2.39. The van der Waals surface area contributed by atoms with Gasteiger partial charge in [-0.1, -0.05) is 91.1 Å². The minimum atomic E-state index is -1.84. The van der Waals surface area contributed by atoms with Crippen molar-refractivity contribution in [2.75, 3.05) is 0 Å². The maximum Gasteiger partial charge on any atom is 0.0923 e. The van der Waals surface area contributed by atoms with Gasteiger partial charge in [-0.2, -0.15) is 0 Å². The summed E-state index contributed by atoms with van der Waals surface area (Å²) in [5, 5.41) is 1.55. The van der Waals surface area contributed by atoms with Crippen molar-refractivity contribution in [1.82, 2.24) is 0 Å². The molecule has 1 aliphatic heterocycles. The molecule has 2 aliphatic carbocycles. The molecule has 0 spiro atoms. The van der Waals surface area contributed by atoms with Crippen molar-refractivity contribution in [3.05, 3.63) is 112 Å². The van der Waals surface area contributed by atoms with Crippen LogP contribution in [0.25, 0.3) is 17.2 Å². The molecule has 1 atom stereocenters. The summed E-state index contributed by atoms with van der Waals surface area (Å²) >= 11 is 0. The summed E-state index contributed by atoms with van der Waals surface area (Å²) in [7, 11) is -1.84. The van der Waals surface area contributed by atoms with Gasteiger partial charge < -0.3 is 0 Å². The first-order chi connectivity index (χ1) is 15.9. The molecule has 3 aliphatic rings. The molecule has 162 valence electrons. The summed E-state index contributed by atoms with van der Waals surface area (Å²) in [5.74, 6) is 0. The van der Waals surface area contributed by atoms with Crippen molar-refractivity contribution in [3.8, 4) is 0 Å². The molecule has 1 nitrogen and oxygen atoms in total. The van der Waals surface area contributed by atoms with Crippen molar-refractivity contribution in [2.45, 2.75) is 39.4 Å². The van der Waals surface area contributed by atoms with E-state index < -0.39 is 8.07 Å². The summed E-state index contributed by atoms with van der Waals surface area (Å²) in [6.45, 7) is 11.8. The van der Waals surface area contributed by atoms with Crippen LogP contribution in [0.3, 0.4) is 0 Å². The van der Waals surface area contributed by atoms with E-state index in [9.17, 15) is 0 Å². The lowest BCUT2D eigenvalue weighted by Crippen LogP contribution is -2.48. The molecular weight excluding hydrogens is 414 g/mol. The van der Waals surface area contributed by atoms with Crippen LogP contribution in [0.2, 0.25) is 13.1 Å². The molecule has 3 aromatic rings. The Morgan fingerprint density at radius 3 is 2.30 bits per heavy atom. The van der Waals surface area contributed by atoms with Crippen LogP contribution in [-0.4, -0.2) is 13.8 Å². The number of hydrogen-bond donors (Lipinski definition) is 0. The molecule has 3 aromatic carbocycles. The van der Waals surface area contributed by atoms with E-state index in [0.717, 1.165) is 5.69 Å². The van der Waals surface area contributed by atoms with Crippen molar-refractivity contribution < 1.29 is 0 Å². The van der Waals surface area contributed by atoms with Crippen molar-refractivity contribution in [3.63, 3.8) is 0 Å². The smallest absolute Gasteiger partial charge is 0.0923 e. The molecule has 6 rings (SSSR count). The van der Waals surface area contributed by atoms with Crippen molar-refractivity contribution in [1.29, 1.82) is 0 Å². The lowest BCUT2D eigenvalue weighted by Gasteiger charge is -2.32. The fourth-order valence-electron chi connectivity index (χ4n) is 6.07. The zero-order chi connectivity index (χ0) is 22.9. The second-order valence-corrected chi connectivity index (χ2v) is 14.8. The van der Waals surface area contributed by atoms with Crippen molar-refractivity contribution >= 4 is 41.9 Å². The van der Waals surface area contributed by atoms with Gasteiger partial charge in [0.2, 0.25) is 0 Å². The van der Waals surface area contributed by atoms with Gasteiger partial charge in [0.25, 0.3) is 0 Å². The zero-order valence-electron chi connectivity index (χ0n) is 20.0. The van der Waals surface area contributed by atoms with Gasteiger partial charge in [0.1, 0.15) is 0 Å². The number of aryl methyl sites for hydroxylation is 1. The topological polar surface area (TPSA) is 12.4 Å². The summed E-state index contributed by atoms with van der Waals surface area (Å²) in [6, 6.07) is 24.6. The van der Waals surface area contributed by atoms with E-state index in [1.54, 1.807) is 5.19 Å². The fraction of sp³-hybridized carbons (Fsp3) is 0.194. The van der Waals surface area contributed by atoms with E-state index in [4.69, 9.17) is 4.99 Å². The predicted octanol–water partition coefficient (Wildman–Crippen LogP) is 7.61. The van der Waals surface area contributed by atoms with Crippen molar-refractivity contribution in [2.24, 2.45) is 4.99 Å². The van der Waals surface area contributed by atoms with E-state index in [0.29, 0.717) is 5.54 Å². The molecule has 2 heteroatoms. The highest BCUT2D eigenvalue weighted by atomic mass is 28.3. The first-order valence-corrected chi connectivity index (χ1v) is 14.9. The number of allylic oxidation sites excluding steroid dienone is 5. The van der Waals surface area contributed by atoms with Gasteiger partial charge >= 0.3 is 0 Å². The quantitative estimate of drug-likeness (QED) is 0.369. The normalized spacial score (nSPS) is 18.6. The molecular formula is C31H29NSi. The maximum atomic E-state index is 5.14. The summed E-state index contributed by atoms with van der Waals surface area (Å²) in [6.07, 6.45) is 4.77. The molecule has 1 heterocycles. The number of nitrogens with zero attached hydrogens (tertiary/aromatic N) is 1. The predicted molar refractivity (Wildman–Crippen MR) is 145 cm³/mol. The van der Waals surface area contributed by atoms with Crippen LogP contribution in [0.4, 0.5) is 5.69 Å². The summed E-state index contributed by atoms with van der Waals surface area (Å²) < 4.78 is 0. The Hall–Kier alpha value is -3.23. The van der Waals surface area contributed by atoms with Gasteiger partial charge in [-0.05, 0) is 65.8 Å². The van der Waals surface area contributed by atoms with Gasteiger partial charge in [-0.25, -0.2) is 4.99 Å². The fourth-order valence-corrected chi connectivity index (χ4v) is 9.63. The Balaban J connectivity index is 1.53. The first-order valence-electron chi connectivity index (χ1n) is 11.9. The Bertz CT molecular complexity index is 1450. The van der Waals surface area contributed by atoms with Gasteiger partial charge in [-0.3, -0.25) is 0 Å². The Kier molecular flexibility index (Phi) is 4.40. The van der Waals surface area contributed by atoms with Crippen LogP contribution >= 0.6 is 0 Å². The largest absolute Gasteiger partial charge is 0.247 e. The van der Waals surface area contributed by atoms with Crippen LogP contribution < -0.4 is 5.19 Å². The Labute approximate surface area is 197 Å². The van der Waals surface area contributed by atoms with Crippen LogP contribution in [0.5, 0.6) is 0 Å². The third-order valence-electron chi connectivity index (χ3n) is 7.96. The van der Waals surface area contributed by atoms with E-state index in [1.807, 2.05) is 0 Å². The minimum Gasteiger partial charge on any atom is -0.247 e. The number of fused-ring (bicyclic) bond motifs is 4. The summed E-state index contributed by atoms with van der Waals surface area (Å²) in [5.41, 5.74) is 15.0. The second-order valence-electron chi connectivity index (χ2n) is 10.2. The van der Waals surface area contributed by atoms with Gasteiger partial charge in [-0.15, -0.1) is 0 Å². The molecule has 0 saturated heterocycles. The van der Waals surface area contributed by atoms with E-state index in [2.05, 4.69) is 113 Å². The first kappa shape index (κ1) is 20.4. The van der Waals surface area contributed by atoms with Gasteiger partial charge in [0.05, 0.1) is 19.5 Å². The second kappa shape index (κ2) is 7.13. The molecule has 33 heavy (non-hydrogen) atoms. The monoisotopic (exact) mass is 443 g/mol. The van der Waals surface area contributed by atoms with E-state index in [-0.39, 0.29) is 0 Å². The molecule has 0 bridgehead atoms. The third-order valence-corrected chi connectivity index (χ3v) is 11.9. The minimum absolute atomic E-state index is 0.500. The maximum absolute atomic E-state index is 5.14. The molecule has 0 saturated carbocycles. The molecule has 1 unspecified atom stereocenters. The molecule has 0 N–H and O–H groups in total. The molecule has 0 aromatic heterocycles. The SMILES string of the molecule is CC1=C(C)C(c2ccccc2)=C2C1=Nc1cc(C)c([Si](C)(C)C3C=Cc4ccccc43)cc12. The van der Waals surface area contributed by atoms with Gasteiger partial charge in [0, 0.05) is 16.7 Å². The molecule has 0 radical (unpaired) electrons. The van der Waals surface area contributed by atoms with Gasteiger partial charge in [0.15, 0.2) is 0 Å². The third kappa shape index (κ3) is 2.87. The standard InChI is InChI=1S/C31H29NSi/c1-19-17-26-25(18-28(19)33(4,5)27-16-15-22-11-9-10-14-24(22)27)30-29(23-12-7-6-8-13-23)20(2)21(3)31(30)32-26/h6-18,27H,1-5H3. The Morgan fingerprint density at radius 2 is 1.52 bits per heavy atom. The zero-order valence-corrected chi connectivity index (χ0v) is 21.0. The Morgan fingerprint density at radius 1 is 0.788 bits per heavy atom.